The first-order chi connectivity index (χ1) is 14.5. The van der Waals surface area contributed by atoms with Crippen LogP contribution < -0.4 is 10.5 Å². The monoisotopic (exact) mass is 429 g/mol. The van der Waals surface area contributed by atoms with Gasteiger partial charge in [0, 0.05) is 38.6 Å². The number of anilines is 1. The number of nitrogens with zero attached hydrogens (tertiary/aromatic N) is 3. The third-order valence-electron chi connectivity index (χ3n) is 5.87. The summed E-state index contributed by atoms with van der Waals surface area (Å²) in [5, 5.41) is 0.922. The van der Waals surface area contributed by atoms with Crippen LogP contribution in [0.1, 0.15) is 30.1 Å². The molecule has 2 aliphatic rings. The maximum atomic E-state index is 13.1. The number of pyridine rings is 1. The second kappa shape index (κ2) is 8.71. The van der Waals surface area contributed by atoms with Gasteiger partial charge in [-0.1, -0.05) is 18.2 Å². The van der Waals surface area contributed by atoms with Crippen molar-refractivity contribution in [2.75, 3.05) is 43.4 Å². The van der Waals surface area contributed by atoms with Crippen molar-refractivity contribution in [3.05, 3.63) is 40.2 Å². The summed E-state index contributed by atoms with van der Waals surface area (Å²) in [5.41, 5.74) is 1.10. The zero-order chi connectivity index (χ0) is 21.3. The Labute approximate surface area is 180 Å². The molecular weight excluding hydrogens is 402 g/mol. The Hall–Kier alpha value is -2.48. The molecule has 1 aromatic carbocycles. The number of carbonyl (C=O) groups excluding carboxylic acids is 2. The van der Waals surface area contributed by atoms with Crippen LogP contribution in [0.4, 0.5) is 5.69 Å². The van der Waals surface area contributed by atoms with Gasteiger partial charge in [-0.25, -0.2) is 4.79 Å². The molecule has 2 aromatic rings. The standard InChI is InChI=1S/C22H27N3O4S/c1-3-29-22(28)18-19(15-7-4-5-8-16(15)23(2)21(18)27)24-10-12-25(13-11-24)20(26)17-9-6-14-30-17/h4-5,7-8,17H,3,6,9-14H2,1-2H3. The van der Waals surface area contributed by atoms with Crippen LogP contribution in [0.25, 0.3) is 10.9 Å². The zero-order valence-electron chi connectivity index (χ0n) is 17.4. The van der Waals surface area contributed by atoms with E-state index in [0.717, 1.165) is 29.5 Å². The fourth-order valence-corrected chi connectivity index (χ4v) is 5.56. The molecule has 30 heavy (non-hydrogen) atoms. The number of piperazine rings is 1. The fraction of sp³-hybridized carbons (Fsp3) is 0.500. The Morgan fingerprint density at radius 2 is 1.90 bits per heavy atom. The van der Waals surface area contributed by atoms with E-state index in [2.05, 4.69) is 4.90 Å². The lowest BCUT2D eigenvalue weighted by Crippen LogP contribution is -2.51. The van der Waals surface area contributed by atoms with Crippen LogP contribution in [0.3, 0.4) is 0 Å². The van der Waals surface area contributed by atoms with Gasteiger partial charge in [-0.3, -0.25) is 9.59 Å². The van der Waals surface area contributed by atoms with E-state index in [0.29, 0.717) is 31.9 Å². The first-order valence-corrected chi connectivity index (χ1v) is 11.5. The van der Waals surface area contributed by atoms with Crippen LogP contribution in [0.15, 0.2) is 29.1 Å². The molecule has 0 radical (unpaired) electrons. The molecule has 1 aromatic heterocycles. The normalized spacial score (nSPS) is 19.3. The number of para-hydroxylation sites is 1. The highest BCUT2D eigenvalue weighted by molar-refractivity contribution is 8.00. The number of aryl methyl sites for hydroxylation is 1. The van der Waals surface area contributed by atoms with Gasteiger partial charge in [-0.2, -0.15) is 0 Å². The van der Waals surface area contributed by atoms with Gasteiger partial charge < -0.3 is 19.1 Å². The molecule has 2 fully saturated rings. The highest BCUT2D eigenvalue weighted by Gasteiger charge is 2.32. The third kappa shape index (κ3) is 3.69. The van der Waals surface area contributed by atoms with E-state index in [4.69, 9.17) is 4.74 Å². The van der Waals surface area contributed by atoms with Crippen LogP contribution in [-0.4, -0.2) is 65.1 Å². The van der Waals surface area contributed by atoms with Gasteiger partial charge in [0.2, 0.25) is 5.91 Å². The maximum Gasteiger partial charge on any atom is 0.345 e. The largest absolute Gasteiger partial charge is 0.462 e. The Morgan fingerprint density at radius 1 is 1.17 bits per heavy atom. The predicted octanol–water partition coefficient (Wildman–Crippen LogP) is 2.26. The molecule has 1 unspecified atom stereocenters. The molecule has 0 saturated carbocycles. The summed E-state index contributed by atoms with van der Waals surface area (Å²) in [5.74, 6) is 0.676. The number of aromatic nitrogens is 1. The third-order valence-corrected chi connectivity index (χ3v) is 7.23. The second-order valence-corrected chi connectivity index (χ2v) is 8.95. The van der Waals surface area contributed by atoms with E-state index in [-0.39, 0.29) is 28.9 Å². The fourth-order valence-electron chi connectivity index (χ4n) is 4.32. The molecule has 4 rings (SSSR count). The number of amides is 1. The lowest BCUT2D eigenvalue weighted by molar-refractivity contribution is -0.130. The number of benzene rings is 1. The number of ether oxygens (including phenoxy) is 1. The molecule has 0 N–H and O–H groups in total. The van der Waals surface area contributed by atoms with Crippen molar-refractivity contribution in [3.8, 4) is 0 Å². The molecular formula is C22H27N3O4S. The number of rotatable bonds is 4. The summed E-state index contributed by atoms with van der Waals surface area (Å²) in [4.78, 5) is 42.6. The number of hydrogen-bond donors (Lipinski definition) is 0. The highest BCUT2D eigenvalue weighted by atomic mass is 32.2. The molecule has 0 bridgehead atoms. The molecule has 2 aliphatic heterocycles. The van der Waals surface area contributed by atoms with Crippen LogP contribution in [0, 0.1) is 0 Å². The Morgan fingerprint density at radius 3 is 2.57 bits per heavy atom. The number of thioether (sulfide) groups is 1. The lowest BCUT2D eigenvalue weighted by atomic mass is 10.1. The average Bonchev–Trinajstić information content (AvgIpc) is 3.31. The molecule has 160 valence electrons. The summed E-state index contributed by atoms with van der Waals surface area (Å²) < 4.78 is 6.73. The summed E-state index contributed by atoms with van der Waals surface area (Å²) in [6.45, 7) is 4.26. The van der Waals surface area contributed by atoms with E-state index in [9.17, 15) is 14.4 Å². The summed E-state index contributed by atoms with van der Waals surface area (Å²) in [6.07, 6.45) is 2.05. The minimum absolute atomic E-state index is 0.0733. The zero-order valence-corrected chi connectivity index (χ0v) is 18.2. The molecule has 3 heterocycles. The van der Waals surface area contributed by atoms with Crippen LogP contribution >= 0.6 is 11.8 Å². The van der Waals surface area contributed by atoms with Crippen molar-refractivity contribution < 1.29 is 14.3 Å². The van der Waals surface area contributed by atoms with Crippen LogP contribution in [0.5, 0.6) is 0 Å². The quantitative estimate of drug-likeness (QED) is 0.695. The van der Waals surface area contributed by atoms with E-state index in [1.165, 1.54) is 4.57 Å². The predicted molar refractivity (Wildman–Crippen MR) is 119 cm³/mol. The minimum Gasteiger partial charge on any atom is -0.462 e. The van der Waals surface area contributed by atoms with E-state index in [1.54, 1.807) is 25.7 Å². The van der Waals surface area contributed by atoms with Gasteiger partial charge in [0.1, 0.15) is 5.56 Å². The summed E-state index contributed by atoms with van der Waals surface area (Å²) in [6, 6.07) is 7.60. The van der Waals surface area contributed by atoms with Crippen molar-refractivity contribution in [1.82, 2.24) is 9.47 Å². The van der Waals surface area contributed by atoms with Gasteiger partial charge in [-0.05, 0) is 31.6 Å². The number of hydrogen-bond acceptors (Lipinski definition) is 6. The van der Waals surface area contributed by atoms with Gasteiger partial charge in [0.05, 0.1) is 23.1 Å². The SMILES string of the molecule is CCOC(=O)c1c(N2CCN(C(=O)C3CCCS3)CC2)c2ccccc2n(C)c1=O. The van der Waals surface area contributed by atoms with Crippen LogP contribution in [0.2, 0.25) is 0 Å². The van der Waals surface area contributed by atoms with Gasteiger partial charge >= 0.3 is 5.97 Å². The molecule has 0 spiro atoms. The Bertz CT molecular complexity index is 1020. The lowest BCUT2D eigenvalue weighted by Gasteiger charge is -2.38. The maximum absolute atomic E-state index is 13.1. The number of esters is 1. The highest BCUT2D eigenvalue weighted by Crippen LogP contribution is 2.31. The number of carbonyl (C=O) groups is 2. The molecule has 2 saturated heterocycles. The molecule has 1 atom stereocenters. The van der Waals surface area contributed by atoms with Gasteiger partial charge in [-0.15, -0.1) is 11.8 Å². The first-order valence-electron chi connectivity index (χ1n) is 10.5. The molecule has 8 heteroatoms. The van der Waals surface area contributed by atoms with Gasteiger partial charge in [0.25, 0.3) is 5.56 Å². The molecule has 1 amide bonds. The average molecular weight is 430 g/mol. The second-order valence-electron chi connectivity index (χ2n) is 7.64. The van der Waals surface area contributed by atoms with Crippen molar-refractivity contribution in [2.24, 2.45) is 7.05 Å². The van der Waals surface area contributed by atoms with Crippen molar-refractivity contribution in [1.29, 1.82) is 0 Å². The van der Waals surface area contributed by atoms with Crippen molar-refractivity contribution in [2.45, 2.75) is 25.0 Å². The van der Waals surface area contributed by atoms with Crippen LogP contribution in [-0.2, 0) is 16.6 Å². The van der Waals surface area contributed by atoms with Gasteiger partial charge in [0.15, 0.2) is 0 Å². The first kappa shape index (κ1) is 20.8. The summed E-state index contributed by atoms with van der Waals surface area (Å²) in [7, 11) is 1.67. The Balaban J connectivity index is 1.69. The van der Waals surface area contributed by atoms with Crippen molar-refractivity contribution >= 4 is 40.2 Å². The molecule has 0 aliphatic carbocycles. The Kier molecular flexibility index (Phi) is 6.04. The minimum atomic E-state index is -0.597. The summed E-state index contributed by atoms with van der Waals surface area (Å²) >= 11 is 1.75. The van der Waals surface area contributed by atoms with Crippen molar-refractivity contribution in [3.63, 3.8) is 0 Å². The smallest absolute Gasteiger partial charge is 0.345 e. The van der Waals surface area contributed by atoms with E-state index < -0.39 is 5.97 Å². The van der Waals surface area contributed by atoms with E-state index >= 15 is 0 Å². The molecule has 7 nitrogen and oxygen atoms in total. The topological polar surface area (TPSA) is 71.8 Å². The van der Waals surface area contributed by atoms with E-state index in [1.807, 2.05) is 29.2 Å². The number of fused-ring (bicyclic) bond motifs is 1.